The third kappa shape index (κ3) is 5.35. The van der Waals surface area contributed by atoms with E-state index in [-0.39, 0.29) is 11.9 Å². The van der Waals surface area contributed by atoms with Gasteiger partial charge in [-0.1, -0.05) is 25.1 Å². The van der Waals surface area contributed by atoms with Crippen molar-refractivity contribution in [1.29, 1.82) is 0 Å². The lowest BCUT2D eigenvalue weighted by atomic mass is 9.99. The molecule has 0 bridgehead atoms. The molecule has 0 radical (unpaired) electrons. The first-order valence-electron chi connectivity index (χ1n) is 11.1. The zero-order valence-electron chi connectivity index (χ0n) is 19.3. The normalized spacial score (nSPS) is 18.6. The number of ether oxygens (including phenoxy) is 1. The van der Waals surface area contributed by atoms with Crippen molar-refractivity contribution in [2.45, 2.75) is 66.5 Å². The molecule has 3 atom stereocenters. The molecule has 1 heterocycles. The zero-order valence-corrected chi connectivity index (χ0v) is 19.3. The number of amides is 1. The number of nitrogens with zero attached hydrogens (tertiary/aromatic N) is 1. The standard InChI is InChI=1S/C26H36N2O2/c1-17-8-7-13-28(16-17)24-11-9-23(10-12-24)21(5)27-26(29)22(6)30-25-15-18(2)14-19(3)20(25)4/h9-12,14-15,17,21-22H,7-8,13,16H2,1-6H3,(H,27,29)/t17-,21+,22+/m0/s1. The minimum absolute atomic E-state index is 0.0711. The summed E-state index contributed by atoms with van der Waals surface area (Å²) in [5.41, 5.74) is 5.76. The Bertz CT molecular complexity index is 875. The number of aryl methyl sites for hydroxylation is 2. The van der Waals surface area contributed by atoms with E-state index in [0.717, 1.165) is 41.4 Å². The van der Waals surface area contributed by atoms with Crippen LogP contribution in [0.15, 0.2) is 36.4 Å². The number of anilines is 1. The lowest BCUT2D eigenvalue weighted by molar-refractivity contribution is -0.127. The fourth-order valence-electron chi connectivity index (χ4n) is 4.18. The molecule has 1 fully saturated rings. The summed E-state index contributed by atoms with van der Waals surface area (Å²) in [4.78, 5) is 15.2. The Kier molecular flexibility index (Phi) is 7.06. The molecule has 1 aliphatic rings. The number of benzene rings is 2. The highest BCUT2D eigenvalue weighted by atomic mass is 16.5. The summed E-state index contributed by atoms with van der Waals surface area (Å²) in [5, 5.41) is 3.09. The molecule has 0 aliphatic carbocycles. The minimum Gasteiger partial charge on any atom is -0.481 e. The highest BCUT2D eigenvalue weighted by Crippen LogP contribution is 2.26. The number of hydrogen-bond acceptors (Lipinski definition) is 3. The van der Waals surface area contributed by atoms with Gasteiger partial charge in [-0.05, 0) is 93.8 Å². The molecule has 1 saturated heterocycles. The number of rotatable bonds is 6. The maximum absolute atomic E-state index is 12.7. The second-order valence-electron chi connectivity index (χ2n) is 8.98. The molecule has 4 heteroatoms. The van der Waals surface area contributed by atoms with Crippen LogP contribution in [0.25, 0.3) is 0 Å². The molecule has 1 aliphatic heterocycles. The Labute approximate surface area is 181 Å². The maximum Gasteiger partial charge on any atom is 0.261 e. The van der Waals surface area contributed by atoms with E-state index in [1.165, 1.54) is 24.1 Å². The summed E-state index contributed by atoms with van der Waals surface area (Å²) >= 11 is 0. The molecule has 1 amide bonds. The van der Waals surface area contributed by atoms with Crippen molar-refractivity contribution in [2.24, 2.45) is 5.92 Å². The number of nitrogens with one attached hydrogen (secondary N) is 1. The van der Waals surface area contributed by atoms with Crippen LogP contribution in [-0.4, -0.2) is 25.1 Å². The van der Waals surface area contributed by atoms with Gasteiger partial charge >= 0.3 is 0 Å². The van der Waals surface area contributed by atoms with Gasteiger partial charge in [-0.2, -0.15) is 0 Å². The van der Waals surface area contributed by atoms with Crippen LogP contribution in [0, 0.1) is 26.7 Å². The molecule has 0 saturated carbocycles. The van der Waals surface area contributed by atoms with Crippen molar-refractivity contribution in [3.63, 3.8) is 0 Å². The van der Waals surface area contributed by atoms with E-state index in [2.05, 4.69) is 54.4 Å². The van der Waals surface area contributed by atoms with Gasteiger partial charge < -0.3 is 15.0 Å². The van der Waals surface area contributed by atoms with Crippen LogP contribution in [0.2, 0.25) is 0 Å². The van der Waals surface area contributed by atoms with Crippen molar-refractivity contribution in [1.82, 2.24) is 5.32 Å². The number of carbonyl (C=O) groups is 1. The van der Waals surface area contributed by atoms with Gasteiger partial charge in [-0.3, -0.25) is 4.79 Å². The highest BCUT2D eigenvalue weighted by Gasteiger charge is 2.20. The molecule has 2 aromatic rings. The van der Waals surface area contributed by atoms with Crippen molar-refractivity contribution in [3.8, 4) is 5.75 Å². The van der Waals surface area contributed by atoms with Crippen LogP contribution in [-0.2, 0) is 4.79 Å². The third-order valence-electron chi connectivity index (χ3n) is 6.21. The highest BCUT2D eigenvalue weighted by molar-refractivity contribution is 5.81. The van der Waals surface area contributed by atoms with Crippen molar-refractivity contribution in [3.05, 3.63) is 58.7 Å². The third-order valence-corrected chi connectivity index (χ3v) is 6.21. The van der Waals surface area contributed by atoms with Gasteiger partial charge in [0, 0.05) is 18.8 Å². The number of hydrogen-bond donors (Lipinski definition) is 1. The van der Waals surface area contributed by atoms with Gasteiger partial charge in [-0.15, -0.1) is 0 Å². The first-order chi connectivity index (χ1) is 14.2. The van der Waals surface area contributed by atoms with Crippen molar-refractivity contribution < 1.29 is 9.53 Å². The summed E-state index contributed by atoms with van der Waals surface area (Å²) in [6.45, 7) is 14.5. The molecule has 162 valence electrons. The van der Waals surface area contributed by atoms with Gasteiger partial charge in [0.05, 0.1) is 6.04 Å². The van der Waals surface area contributed by atoms with Crippen LogP contribution in [0.1, 0.15) is 61.9 Å². The maximum atomic E-state index is 12.7. The molecule has 0 unspecified atom stereocenters. The number of piperidine rings is 1. The smallest absolute Gasteiger partial charge is 0.261 e. The molecular formula is C26H36N2O2. The monoisotopic (exact) mass is 408 g/mol. The molecular weight excluding hydrogens is 372 g/mol. The first kappa shape index (κ1) is 22.2. The van der Waals surface area contributed by atoms with E-state index in [1.807, 2.05) is 26.8 Å². The van der Waals surface area contributed by atoms with Crippen LogP contribution < -0.4 is 15.0 Å². The fourth-order valence-corrected chi connectivity index (χ4v) is 4.18. The van der Waals surface area contributed by atoms with E-state index in [1.54, 1.807) is 6.92 Å². The molecule has 0 aromatic heterocycles. The van der Waals surface area contributed by atoms with Crippen molar-refractivity contribution >= 4 is 11.6 Å². The average molecular weight is 409 g/mol. The van der Waals surface area contributed by atoms with Gasteiger partial charge in [0.2, 0.25) is 0 Å². The van der Waals surface area contributed by atoms with Gasteiger partial charge in [-0.25, -0.2) is 0 Å². The first-order valence-corrected chi connectivity index (χ1v) is 11.1. The predicted octanol–water partition coefficient (Wildman–Crippen LogP) is 5.49. The number of carbonyl (C=O) groups excluding carboxylic acids is 1. The van der Waals surface area contributed by atoms with E-state index in [4.69, 9.17) is 4.74 Å². The van der Waals surface area contributed by atoms with E-state index in [0.29, 0.717) is 0 Å². The second kappa shape index (κ2) is 9.55. The van der Waals surface area contributed by atoms with Crippen LogP contribution in [0.3, 0.4) is 0 Å². The molecule has 1 N–H and O–H groups in total. The SMILES string of the molecule is Cc1cc(C)c(C)c(O[C@H](C)C(=O)N[C@H](C)c2ccc(N3CCC[C@H](C)C3)cc2)c1. The quantitative estimate of drug-likeness (QED) is 0.687. The van der Waals surface area contributed by atoms with Gasteiger partial charge in [0.25, 0.3) is 5.91 Å². The minimum atomic E-state index is -0.554. The van der Waals surface area contributed by atoms with E-state index >= 15 is 0 Å². The van der Waals surface area contributed by atoms with Crippen LogP contribution in [0.5, 0.6) is 5.75 Å². The summed E-state index contributed by atoms with van der Waals surface area (Å²) in [5.74, 6) is 1.43. The molecule has 3 rings (SSSR count). The summed E-state index contributed by atoms with van der Waals surface area (Å²) in [6.07, 6.45) is 2.02. The van der Waals surface area contributed by atoms with Crippen molar-refractivity contribution in [2.75, 3.05) is 18.0 Å². The summed E-state index contributed by atoms with van der Waals surface area (Å²) in [6, 6.07) is 12.7. The molecule has 30 heavy (non-hydrogen) atoms. The Morgan fingerprint density at radius 1 is 1.13 bits per heavy atom. The molecule has 2 aromatic carbocycles. The molecule has 0 spiro atoms. The Morgan fingerprint density at radius 2 is 1.83 bits per heavy atom. The summed E-state index contributed by atoms with van der Waals surface area (Å²) in [7, 11) is 0. The summed E-state index contributed by atoms with van der Waals surface area (Å²) < 4.78 is 6.00. The zero-order chi connectivity index (χ0) is 21.8. The Morgan fingerprint density at radius 3 is 2.50 bits per heavy atom. The Hall–Kier alpha value is -2.49. The van der Waals surface area contributed by atoms with Crippen LogP contribution in [0.4, 0.5) is 5.69 Å². The van der Waals surface area contributed by atoms with E-state index < -0.39 is 6.10 Å². The second-order valence-corrected chi connectivity index (χ2v) is 8.98. The van der Waals surface area contributed by atoms with Gasteiger partial charge in [0.1, 0.15) is 5.75 Å². The topological polar surface area (TPSA) is 41.6 Å². The Balaban J connectivity index is 1.59. The lowest BCUT2D eigenvalue weighted by Gasteiger charge is -2.33. The lowest BCUT2D eigenvalue weighted by Crippen LogP contribution is -2.38. The van der Waals surface area contributed by atoms with Crippen LogP contribution >= 0.6 is 0 Å². The largest absolute Gasteiger partial charge is 0.481 e. The van der Waals surface area contributed by atoms with Gasteiger partial charge in [0.15, 0.2) is 6.10 Å². The average Bonchev–Trinajstić information content (AvgIpc) is 2.71. The predicted molar refractivity (Wildman–Crippen MR) is 124 cm³/mol. The molecule has 4 nitrogen and oxygen atoms in total. The fraction of sp³-hybridized carbons (Fsp3) is 0.500. The van der Waals surface area contributed by atoms with E-state index in [9.17, 15) is 4.79 Å².